The van der Waals surface area contributed by atoms with E-state index in [0.717, 1.165) is 23.2 Å². The van der Waals surface area contributed by atoms with E-state index in [1.54, 1.807) is 25.1 Å². The Morgan fingerprint density at radius 1 is 1.18 bits per heavy atom. The van der Waals surface area contributed by atoms with Gasteiger partial charge < -0.3 is 44.7 Å². The van der Waals surface area contributed by atoms with Gasteiger partial charge in [-0.05, 0) is 60.6 Å². The van der Waals surface area contributed by atoms with Gasteiger partial charge in [0.2, 0.25) is 6.29 Å². The molecule has 10 nitrogen and oxygen atoms in total. The number of ether oxygens (including phenoxy) is 3. The van der Waals surface area contributed by atoms with Crippen molar-refractivity contribution in [1.29, 1.82) is 0 Å². The number of benzene rings is 2. The van der Waals surface area contributed by atoms with Gasteiger partial charge in [0, 0.05) is 24.4 Å². The van der Waals surface area contributed by atoms with Crippen LogP contribution in [0.5, 0.6) is 17.2 Å². The van der Waals surface area contributed by atoms with E-state index in [-0.39, 0.29) is 34.7 Å². The molecule has 1 aromatic heterocycles. The highest BCUT2D eigenvalue weighted by molar-refractivity contribution is 6.07. The van der Waals surface area contributed by atoms with Crippen LogP contribution in [-0.2, 0) is 17.6 Å². The van der Waals surface area contributed by atoms with Crippen LogP contribution in [0.15, 0.2) is 30.5 Å². The summed E-state index contributed by atoms with van der Waals surface area (Å²) in [6.45, 7) is 5.03. The molecule has 0 bridgehead atoms. The number of carbonyl (C=O) groups is 1. The van der Waals surface area contributed by atoms with Crippen molar-refractivity contribution in [3.8, 4) is 17.2 Å². The number of nitrogens with one attached hydrogen (secondary N) is 1. The van der Waals surface area contributed by atoms with Crippen LogP contribution in [0.2, 0.25) is 0 Å². The van der Waals surface area contributed by atoms with Crippen LogP contribution in [0.1, 0.15) is 46.6 Å². The van der Waals surface area contributed by atoms with Gasteiger partial charge >= 0.3 is 0 Å². The van der Waals surface area contributed by atoms with E-state index in [1.165, 1.54) is 26.2 Å². The Bertz CT molecular complexity index is 1460. The topological polar surface area (TPSA) is 162 Å². The minimum Gasteiger partial charge on any atom is -0.506 e. The Morgan fingerprint density at radius 2 is 1.92 bits per heavy atom. The fraction of sp³-hybridized carbons (Fsp3) is 0.414. The van der Waals surface area contributed by atoms with Crippen LogP contribution >= 0.6 is 0 Å². The number of aromatic amines is 1. The molecular formula is C29H33NO9. The van der Waals surface area contributed by atoms with Crippen LogP contribution in [-0.4, -0.2) is 79.7 Å². The van der Waals surface area contributed by atoms with E-state index in [4.69, 9.17) is 14.2 Å². The lowest BCUT2D eigenvalue weighted by Crippen LogP contribution is -2.65. The third-order valence-electron chi connectivity index (χ3n) is 7.73. The van der Waals surface area contributed by atoms with E-state index in [1.807, 2.05) is 13.1 Å². The molecule has 1 saturated heterocycles. The molecule has 208 valence electrons. The maximum atomic E-state index is 12.3. The Hall–Kier alpha value is -3.41. The van der Waals surface area contributed by atoms with Crippen LogP contribution in [0.25, 0.3) is 16.8 Å². The quantitative estimate of drug-likeness (QED) is 0.258. The largest absolute Gasteiger partial charge is 0.506 e. The lowest BCUT2D eigenvalue weighted by molar-refractivity contribution is -0.298. The van der Waals surface area contributed by atoms with Crippen LogP contribution in [0.4, 0.5) is 0 Å². The summed E-state index contributed by atoms with van der Waals surface area (Å²) in [4.78, 5) is 15.4. The fourth-order valence-electron chi connectivity index (χ4n) is 5.68. The number of methoxy groups -OCH3 is 1. The van der Waals surface area contributed by atoms with E-state index < -0.39 is 36.3 Å². The Kier molecular flexibility index (Phi) is 6.94. The van der Waals surface area contributed by atoms with Crippen LogP contribution in [0.3, 0.4) is 0 Å². The number of aromatic hydroxyl groups is 1. The lowest BCUT2D eigenvalue weighted by Gasteiger charge is -2.46. The van der Waals surface area contributed by atoms with Gasteiger partial charge in [-0.15, -0.1) is 0 Å². The van der Waals surface area contributed by atoms with E-state index in [9.17, 15) is 30.3 Å². The number of hydrogen-bond donors (Lipinski definition) is 6. The number of phenols is 1. The first-order chi connectivity index (χ1) is 18.5. The Balaban J connectivity index is 1.54. The highest BCUT2D eigenvalue weighted by Crippen LogP contribution is 2.43. The highest BCUT2D eigenvalue weighted by atomic mass is 16.7. The molecule has 0 amide bonds. The first kappa shape index (κ1) is 27.2. The van der Waals surface area contributed by atoms with Crippen molar-refractivity contribution in [2.45, 2.75) is 69.9 Å². The number of fused-ring (bicyclic) bond motifs is 2. The van der Waals surface area contributed by atoms with Gasteiger partial charge in [-0.1, -0.05) is 13.0 Å². The third kappa shape index (κ3) is 4.48. The zero-order valence-corrected chi connectivity index (χ0v) is 22.1. The monoisotopic (exact) mass is 539 g/mol. The number of hydrogen-bond acceptors (Lipinski definition) is 9. The van der Waals surface area contributed by atoms with Crippen molar-refractivity contribution in [3.63, 3.8) is 0 Å². The van der Waals surface area contributed by atoms with Crippen LogP contribution in [0, 0.1) is 6.92 Å². The number of phenolic OH excluding ortho intramolecular Hbond substituents is 1. The van der Waals surface area contributed by atoms with Crippen molar-refractivity contribution in [3.05, 3.63) is 58.4 Å². The minimum atomic E-state index is -1.72. The van der Waals surface area contributed by atoms with Gasteiger partial charge in [0.05, 0.1) is 18.1 Å². The smallest absolute Gasteiger partial charge is 0.229 e. The molecule has 1 aliphatic heterocycles. The molecule has 6 atom stereocenters. The Morgan fingerprint density at radius 3 is 2.59 bits per heavy atom. The zero-order valence-electron chi connectivity index (χ0n) is 22.1. The highest BCUT2D eigenvalue weighted by Gasteiger charge is 2.53. The second kappa shape index (κ2) is 9.96. The van der Waals surface area contributed by atoms with Gasteiger partial charge in [-0.2, -0.15) is 0 Å². The molecule has 3 aromatic rings. The molecule has 0 saturated carbocycles. The molecule has 2 aromatic carbocycles. The number of aliphatic hydroxyl groups excluding tert-OH is 3. The standard InChI is InChI=1S/C29H33NO9/c1-5-15-12-30-19-6-7-29(36,11-18(15)19)27-25(34)24(33)26(35)28(39-27)38-20-10-17(37-4)9-16-8-13(2)21(14(3)31)23(32)22(16)20/h6-10,12,24-28,30,32-36H,5,11H2,1-4H3/t24-,25-,26+,27-,28-,29+/m0/s1. The summed E-state index contributed by atoms with van der Waals surface area (Å²) in [5, 5.41) is 55.8. The third-order valence-corrected chi connectivity index (χ3v) is 7.73. The minimum absolute atomic E-state index is 0.0168. The van der Waals surface area contributed by atoms with Gasteiger partial charge in [0.15, 0.2) is 5.78 Å². The summed E-state index contributed by atoms with van der Waals surface area (Å²) in [7, 11) is 1.45. The number of aromatic nitrogens is 1. The number of H-pyrrole nitrogens is 1. The average molecular weight is 540 g/mol. The molecule has 2 aliphatic rings. The van der Waals surface area contributed by atoms with Crippen molar-refractivity contribution in [1.82, 2.24) is 4.98 Å². The normalized spacial score (nSPS) is 28.4. The number of Topliss-reactive ketones (excluding diaryl/α,β-unsaturated/α-hetero) is 1. The molecule has 1 fully saturated rings. The SMILES string of the molecule is CCc1c[nH]c2c1C[C@@](O)([C@H]1O[C@H](Oc3cc(OC)cc4cc(C)c(C(C)=O)c(O)c34)[C@H](O)[C@@H](O)[C@@H]1O)C=C2. The predicted octanol–water partition coefficient (Wildman–Crippen LogP) is 2.14. The van der Waals surface area contributed by atoms with Gasteiger partial charge in [-0.3, -0.25) is 4.79 Å². The number of rotatable bonds is 6. The summed E-state index contributed by atoms with van der Waals surface area (Å²) >= 11 is 0. The molecule has 6 N–H and O–H groups in total. The zero-order chi connectivity index (χ0) is 28.2. The summed E-state index contributed by atoms with van der Waals surface area (Å²) in [5.41, 5.74) is 1.66. The fourth-order valence-corrected chi connectivity index (χ4v) is 5.68. The second-order valence-corrected chi connectivity index (χ2v) is 10.3. The second-order valence-electron chi connectivity index (χ2n) is 10.3. The van der Waals surface area contributed by atoms with Crippen molar-refractivity contribution >= 4 is 22.6 Å². The number of aryl methyl sites for hydroxylation is 2. The molecular weight excluding hydrogens is 506 g/mol. The lowest BCUT2D eigenvalue weighted by atomic mass is 9.78. The molecule has 39 heavy (non-hydrogen) atoms. The van der Waals surface area contributed by atoms with E-state index in [2.05, 4.69) is 4.98 Å². The molecule has 0 unspecified atom stereocenters. The first-order valence-electron chi connectivity index (χ1n) is 12.8. The summed E-state index contributed by atoms with van der Waals surface area (Å²) < 4.78 is 17.4. The van der Waals surface area contributed by atoms with Crippen LogP contribution < -0.4 is 9.47 Å². The number of aliphatic hydroxyl groups is 4. The van der Waals surface area contributed by atoms with Gasteiger partial charge in [-0.25, -0.2) is 0 Å². The molecule has 0 spiro atoms. The summed E-state index contributed by atoms with van der Waals surface area (Å²) in [6.07, 6.45) is -2.10. The first-order valence-corrected chi connectivity index (χ1v) is 12.8. The maximum Gasteiger partial charge on any atom is 0.229 e. The van der Waals surface area contributed by atoms with Crippen molar-refractivity contribution in [2.75, 3.05) is 7.11 Å². The van der Waals surface area contributed by atoms with E-state index in [0.29, 0.717) is 16.7 Å². The molecule has 0 radical (unpaired) electrons. The molecule has 2 heterocycles. The molecule has 5 rings (SSSR count). The Labute approximate surface area is 225 Å². The van der Waals surface area contributed by atoms with Gasteiger partial charge in [0.1, 0.15) is 47.3 Å². The number of carbonyl (C=O) groups excluding carboxylic acids is 1. The van der Waals surface area contributed by atoms with E-state index >= 15 is 0 Å². The summed E-state index contributed by atoms with van der Waals surface area (Å²) in [5.74, 6) is -0.264. The predicted molar refractivity (Wildman–Crippen MR) is 142 cm³/mol. The van der Waals surface area contributed by atoms with Gasteiger partial charge in [0.25, 0.3) is 0 Å². The maximum absolute atomic E-state index is 12.3. The van der Waals surface area contributed by atoms with Crippen molar-refractivity contribution < 1.29 is 44.5 Å². The average Bonchev–Trinajstić information content (AvgIpc) is 3.29. The number of ketones is 1. The summed E-state index contributed by atoms with van der Waals surface area (Å²) in [6, 6.07) is 4.82. The van der Waals surface area contributed by atoms with Crippen molar-refractivity contribution in [2.24, 2.45) is 0 Å². The molecule has 1 aliphatic carbocycles. The molecule has 10 heteroatoms.